The Morgan fingerprint density at radius 3 is 2.20 bits per heavy atom. The lowest BCUT2D eigenvalue weighted by Crippen LogP contribution is -2.28. The highest BCUT2D eigenvalue weighted by Crippen LogP contribution is 2.27. The molecule has 25 heavy (non-hydrogen) atoms. The van der Waals surface area contributed by atoms with Crippen molar-refractivity contribution < 1.29 is 28.1 Å². The third kappa shape index (κ3) is 5.68. The summed E-state index contributed by atoms with van der Waals surface area (Å²) in [6.07, 6.45) is 2.20. The molecule has 0 spiro atoms. The van der Waals surface area contributed by atoms with Gasteiger partial charge in [0.2, 0.25) is 5.91 Å². The zero-order valence-electron chi connectivity index (χ0n) is 14.3. The Bertz CT molecular complexity index is 753. The molecule has 0 aliphatic carbocycles. The minimum absolute atomic E-state index is 0.301. The standard InChI is InChI=1S/C17H19NO6S/c1-12(11-17(21)24-4)18(13(2)19)14-7-5-6-8-15(14)25(22)10-9-16(20)23-3/h5-11H,1-4H3/b10-9+,12-11-. The van der Waals surface area contributed by atoms with Crippen LogP contribution in [0.2, 0.25) is 0 Å². The summed E-state index contributed by atoms with van der Waals surface area (Å²) in [5, 5.41) is 1.17. The maximum absolute atomic E-state index is 12.5. The number of methoxy groups -OCH3 is 2. The molecule has 1 atom stereocenters. The summed E-state index contributed by atoms with van der Waals surface area (Å²) < 4.78 is 21.5. The van der Waals surface area contributed by atoms with E-state index in [1.54, 1.807) is 31.2 Å². The van der Waals surface area contributed by atoms with Gasteiger partial charge in [-0.2, -0.15) is 0 Å². The molecule has 0 fully saturated rings. The predicted molar refractivity (Wildman–Crippen MR) is 92.9 cm³/mol. The molecule has 7 nitrogen and oxygen atoms in total. The van der Waals surface area contributed by atoms with Crippen LogP contribution in [0, 0.1) is 0 Å². The van der Waals surface area contributed by atoms with E-state index in [9.17, 15) is 18.6 Å². The van der Waals surface area contributed by atoms with Crippen LogP contribution in [-0.2, 0) is 34.7 Å². The Morgan fingerprint density at radius 2 is 1.64 bits per heavy atom. The average Bonchev–Trinajstić information content (AvgIpc) is 2.59. The van der Waals surface area contributed by atoms with Crippen LogP contribution in [0.5, 0.6) is 0 Å². The molecular formula is C17H19NO6S. The Kier molecular flexibility index (Phi) is 7.74. The van der Waals surface area contributed by atoms with Gasteiger partial charge in [0.25, 0.3) is 0 Å². The molecule has 1 aromatic carbocycles. The fraction of sp³-hybridized carbons (Fsp3) is 0.235. The van der Waals surface area contributed by atoms with Gasteiger partial charge >= 0.3 is 11.9 Å². The zero-order valence-corrected chi connectivity index (χ0v) is 15.2. The number of benzene rings is 1. The molecule has 0 aliphatic heterocycles. The number of ether oxygens (including phenoxy) is 2. The minimum Gasteiger partial charge on any atom is -0.466 e. The van der Waals surface area contributed by atoms with Crippen LogP contribution < -0.4 is 4.90 Å². The number of allylic oxidation sites excluding steroid dienone is 1. The fourth-order valence-electron chi connectivity index (χ4n) is 1.97. The predicted octanol–water partition coefficient (Wildman–Crippen LogP) is 1.91. The number of rotatable bonds is 6. The van der Waals surface area contributed by atoms with E-state index in [0.29, 0.717) is 16.3 Å². The van der Waals surface area contributed by atoms with Crippen LogP contribution in [0.3, 0.4) is 0 Å². The lowest BCUT2D eigenvalue weighted by Gasteiger charge is -2.23. The van der Waals surface area contributed by atoms with Crippen LogP contribution >= 0.6 is 0 Å². The number of carbonyl (C=O) groups excluding carboxylic acids is 3. The first kappa shape index (κ1) is 20.3. The van der Waals surface area contributed by atoms with Crippen molar-refractivity contribution in [1.82, 2.24) is 0 Å². The molecule has 1 amide bonds. The number of carbonyl (C=O) groups is 3. The third-order valence-corrected chi connectivity index (χ3v) is 4.21. The number of amides is 1. The summed E-state index contributed by atoms with van der Waals surface area (Å²) in [4.78, 5) is 36.3. The lowest BCUT2D eigenvalue weighted by molar-refractivity contribution is -0.135. The molecule has 0 heterocycles. The van der Waals surface area contributed by atoms with Gasteiger partial charge in [-0.05, 0) is 19.1 Å². The van der Waals surface area contributed by atoms with Gasteiger partial charge in [-0.1, -0.05) is 12.1 Å². The van der Waals surface area contributed by atoms with Crippen LogP contribution in [-0.4, -0.2) is 36.3 Å². The molecule has 0 saturated heterocycles. The number of hydrogen-bond acceptors (Lipinski definition) is 6. The van der Waals surface area contributed by atoms with Crippen LogP contribution in [0.4, 0.5) is 5.69 Å². The number of anilines is 1. The normalized spacial score (nSPS) is 12.6. The molecule has 0 bridgehead atoms. The highest BCUT2D eigenvalue weighted by molar-refractivity contribution is 7.88. The Morgan fingerprint density at radius 1 is 1.04 bits per heavy atom. The zero-order chi connectivity index (χ0) is 19.0. The molecule has 8 heteroatoms. The number of esters is 2. The highest BCUT2D eigenvalue weighted by Gasteiger charge is 2.20. The highest BCUT2D eigenvalue weighted by atomic mass is 32.2. The molecular weight excluding hydrogens is 346 g/mol. The molecule has 0 aliphatic rings. The van der Waals surface area contributed by atoms with Gasteiger partial charge in [0.05, 0.1) is 35.6 Å². The van der Waals surface area contributed by atoms with E-state index >= 15 is 0 Å². The van der Waals surface area contributed by atoms with Gasteiger partial charge in [-0.3, -0.25) is 9.69 Å². The lowest BCUT2D eigenvalue weighted by atomic mass is 10.2. The number of hydrogen-bond donors (Lipinski definition) is 0. The topological polar surface area (TPSA) is 90.0 Å². The second-order valence-corrected chi connectivity index (χ2v) is 6.06. The van der Waals surface area contributed by atoms with Crippen molar-refractivity contribution in [3.05, 3.63) is 47.5 Å². The Hall–Kier alpha value is -2.74. The van der Waals surface area contributed by atoms with Crippen molar-refractivity contribution in [1.29, 1.82) is 0 Å². The maximum Gasteiger partial charge on any atom is 0.332 e. The fourth-order valence-corrected chi connectivity index (χ4v) is 2.93. The maximum atomic E-state index is 12.5. The van der Waals surface area contributed by atoms with E-state index in [1.165, 1.54) is 31.5 Å². The molecule has 0 N–H and O–H groups in total. The van der Waals surface area contributed by atoms with Crippen molar-refractivity contribution in [2.24, 2.45) is 0 Å². The summed E-state index contributed by atoms with van der Waals surface area (Å²) in [5.74, 6) is -1.64. The van der Waals surface area contributed by atoms with Crippen LogP contribution in [0.25, 0.3) is 0 Å². The third-order valence-electron chi connectivity index (χ3n) is 3.05. The average molecular weight is 365 g/mol. The van der Waals surface area contributed by atoms with E-state index in [4.69, 9.17) is 0 Å². The summed E-state index contributed by atoms with van der Waals surface area (Å²) in [6, 6.07) is 6.48. The molecule has 0 saturated carbocycles. The van der Waals surface area contributed by atoms with Gasteiger partial charge in [0.15, 0.2) is 0 Å². The second-order valence-electron chi connectivity index (χ2n) is 4.75. The quantitative estimate of drug-likeness (QED) is 0.565. The van der Waals surface area contributed by atoms with Crippen LogP contribution in [0.1, 0.15) is 13.8 Å². The summed E-state index contributed by atoms with van der Waals surface area (Å²) in [6.45, 7) is 2.88. The first-order chi connectivity index (χ1) is 11.8. The smallest absolute Gasteiger partial charge is 0.332 e. The summed E-state index contributed by atoms with van der Waals surface area (Å²) >= 11 is 0. The van der Waals surface area contributed by atoms with Crippen molar-refractivity contribution in [2.75, 3.05) is 19.1 Å². The van der Waals surface area contributed by atoms with Crippen molar-refractivity contribution >= 4 is 34.3 Å². The summed E-state index contributed by atoms with van der Waals surface area (Å²) in [5.41, 5.74) is 0.640. The van der Waals surface area contributed by atoms with E-state index in [2.05, 4.69) is 9.47 Å². The van der Waals surface area contributed by atoms with Crippen molar-refractivity contribution in [3.63, 3.8) is 0 Å². The molecule has 0 aromatic heterocycles. The van der Waals surface area contributed by atoms with Gasteiger partial charge in [-0.15, -0.1) is 0 Å². The van der Waals surface area contributed by atoms with Gasteiger partial charge < -0.3 is 9.47 Å². The Labute approximate surface area is 148 Å². The molecule has 1 rings (SSSR count). The van der Waals surface area contributed by atoms with E-state index in [1.807, 2.05) is 0 Å². The largest absolute Gasteiger partial charge is 0.466 e. The minimum atomic E-state index is -1.70. The number of nitrogens with zero attached hydrogens (tertiary/aromatic N) is 1. The van der Waals surface area contributed by atoms with Crippen molar-refractivity contribution in [2.45, 2.75) is 18.7 Å². The SMILES string of the molecule is COC(=O)/C=C(/C)N(C(C)=O)c1ccccc1S(=O)/C=C/C(=O)OC. The molecule has 1 aromatic rings. The first-order valence-electron chi connectivity index (χ1n) is 7.14. The van der Waals surface area contributed by atoms with E-state index < -0.39 is 22.7 Å². The van der Waals surface area contributed by atoms with Crippen molar-refractivity contribution in [3.8, 4) is 0 Å². The first-order valence-corrected chi connectivity index (χ1v) is 8.35. The molecule has 134 valence electrons. The van der Waals surface area contributed by atoms with Crippen LogP contribution in [0.15, 0.2) is 52.4 Å². The van der Waals surface area contributed by atoms with E-state index in [0.717, 1.165) is 12.2 Å². The molecule has 1 unspecified atom stereocenters. The van der Waals surface area contributed by atoms with Gasteiger partial charge in [-0.25, -0.2) is 13.8 Å². The van der Waals surface area contributed by atoms with Gasteiger partial charge in [0.1, 0.15) is 0 Å². The summed E-state index contributed by atoms with van der Waals surface area (Å²) in [7, 11) is 0.733. The number of para-hydroxylation sites is 1. The monoisotopic (exact) mass is 365 g/mol. The van der Waals surface area contributed by atoms with Gasteiger partial charge in [0, 0.05) is 30.2 Å². The Balaban J connectivity index is 3.35. The van der Waals surface area contributed by atoms with E-state index in [-0.39, 0.29) is 5.91 Å². The molecule has 0 radical (unpaired) electrons. The second kappa shape index (κ2) is 9.53.